The second-order valence-corrected chi connectivity index (χ2v) is 4.28. The molecule has 3 heteroatoms. The summed E-state index contributed by atoms with van der Waals surface area (Å²) in [4.78, 5) is 14.4. The van der Waals surface area contributed by atoms with Crippen LogP contribution in [0.1, 0.15) is 12.8 Å². The van der Waals surface area contributed by atoms with Crippen LogP contribution in [0.3, 0.4) is 0 Å². The van der Waals surface area contributed by atoms with Crippen molar-refractivity contribution < 1.29 is 4.74 Å². The van der Waals surface area contributed by atoms with E-state index in [-0.39, 0.29) is 5.43 Å². The Morgan fingerprint density at radius 3 is 2.82 bits per heavy atom. The zero-order valence-corrected chi connectivity index (χ0v) is 9.35. The standard InChI is InChI=1S/C14H13NO2/c16-11-6-7-15-14(9-11)10-2-1-3-13(8-10)17-12-4-5-12/h1-3,6-9,12H,4-5H2,(H,15,16). The third kappa shape index (κ3) is 2.38. The largest absolute Gasteiger partial charge is 0.490 e. The summed E-state index contributed by atoms with van der Waals surface area (Å²) in [6.45, 7) is 0. The van der Waals surface area contributed by atoms with Crippen LogP contribution >= 0.6 is 0 Å². The molecule has 0 atom stereocenters. The lowest BCUT2D eigenvalue weighted by molar-refractivity contribution is 0.303. The number of H-pyrrole nitrogens is 1. The van der Waals surface area contributed by atoms with Gasteiger partial charge in [0, 0.05) is 29.6 Å². The summed E-state index contributed by atoms with van der Waals surface area (Å²) in [5.41, 5.74) is 1.80. The fourth-order valence-corrected chi connectivity index (χ4v) is 1.73. The van der Waals surface area contributed by atoms with Crippen LogP contribution in [0, 0.1) is 0 Å². The minimum Gasteiger partial charge on any atom is -0.490 e. The Bertz CT molecular complexity index is 585. The first-order chi connectivity index (χ1) is 8.31. The van der Waals surface area contributed by atoms with Crippen molar-refractivity contribution >= 4 is 0 Å². The molecule has 86 valence electrons. The summed E-state index contributed by atoms with van der Waals surface area (Å²) in [6, 6.07) is 10.9. The fourth-order valence-electron chi connectivity index (χ4n) is 1.73. The van der Waals surface area contributed by atoms with Crippen molar-refractivity contribution in [2.75, 3.05) is 0 Å². The van der Waals surface area contributed by atoms with Crippen molar-refractivity contribution in [1.82, 2.24) is 4.98 Å². The van der Waals surface area contributed by atoms with E-state index in [4.69, 9.17) is 4.74 Å². The van der Waals surface area contributed by atoms with Gasteiger partial charge in [-0.25, -0.2) is 0 Å². The van der Waals surface area contributed by atoms with Gasteiger partial charge in [0.2, 0.25) is 0 Å². The first-order valence-corrected chi connectivity index (χ1v) is 5.77. The predicted molar refractivity (Wildman–Crippen MR) is 66.1 cm³/mol. The summed E-state index contributed by atoms with van der Waals surface area (Å²) in [5.74, 6) is 0.870. The number of benzene rings is 1. The van der Waals surface area contributed by atoms with Gasteiger partial charge < -0.3 is 9.72 Å². The average Bonchev–Trinajstić information content (AvgIpc) is 3.13. The Morgan fingerprint density at radius 1 is 1.18 bits per heavy atom. The zero-order chi connectivity index (χ0) is 11.7. The van der Waals surface area contributed by atoms with Crippen LogP contribution in [-0.4, -0.2) is 11.1 Å². The molecule has 0 radical (unpaired) electrons. The highest BCUT2D eigenvalue weighted by Crippen LogP contribution is 2.28. The van der Waals surface area contributed by atoms with Gasteiger partial charge in [-0.3, -0.25) is 4.79 Å². The lowest BCUT2D eigenvalue weighted by atomic mass is 10.1. The maximum absolute atomic E-state index is 11.3. The van der Waals surface area contributed by atoms with Gasteiger partial charge in [-0.15, -0.1) is 0 Å². The van der Waals surface area contributed by atoms with Crippen molar-refractivity contribution in [3.8, 4) is 17.0 Å². The number of ether oxygens (including phenoxy) is 1. The van der Waals surface area contributed by atoms with Crippen LogP contribution in [-0.2, 0) is 0 Å². The van der Waals surface area contributed by atoms with Crippen molar-refractivity contribution in [2.45, 2.75) is 18.9 Å². The molecule has 3 rings (SSSR count). The van der Waals surface area contributed by atoms with Gasteiger partial charge in [0.1, 0.15) is 5.75 Å². The summed E-state index contributed by atoms with van der Waals surface area (Å²) < 4.78 is 5.73. The van der Waals surface area contributed by atoms with Gasteiger partial charge in [-0.2, -0.15) is 0 Å². The fraction of sp³-hybridized carbons (Fsp3) is 0.214. The molecule has 1 aromatic heterocycles. The highest BCUT2D eigenvalue weighted by atomic mass is 16.5. The Labute approximate surface area is 99.1 Å². The molecule has 2 aromatic rings. The quantitative estimate of drug-likeness (QED) is 0.875. The topological polar surface area (TPSA) is 42.1 Å². The Morgan fingerprint density at radius 2 is 2.06 bits per heavy atom. The van der Waals surface area contributed by atoms with Gasteiger partial charge in [-0.1, -0.05) is 12.1 Å². The molecule has 1 aliphatic rings. The Hall–Kier alpha value is -2.03. The minimum absolute atomic E-state index is 0.00673. The van der Waals surface area contributed by atoms with E-state index in [1.165, 1.54) is 6.07 Å². The van der Waals surface area contributed by atoms with E-state index in [9.17, 15) is 4.79 Å². The Kier molecular flexibility index (Phi) is 2.44. The average molecular weight is 227 g/mol. The third-order valence-corrected chi connectivity index (χ3v) is 2.75. The molecule has 0 amide bonds. The summed E-state index contributed by atoms with van der Waals surface area (Å²) in [6.07, 6.45) is 4.34. The van der Waals surface area contributed by atoms with Gasteiger partial charge in [0.15, 0.2) is 5.43 Å². The van der Waals surface area contributed by atoms with Gasteiger partial charge in [0.25, 0.3) is 0 Å². The summed E-state index contributed by atoms with van der Waals surface area (Å²) >= 11 is 0. The number of aromatic amines is 1. The molecular formula is C14H13NO2. The van der Waals surface area contributed by atoms with Gasteiger partial charge >= 0.3 is 0 Å². The van der Waals surface area contributed by atoms with Crippen LogP contribution in [0.25, 0.3) is 11.3 Å². The molecule has 0 aliphatic heterocycles. The van der Waals surface area contributed by atoms with E-state index in [1.54, 1.807) is 12.3 Å². The molecule has 0 saturated heterocycles. The van der Waals surface area contributed by atoms with E-state index in [0.29, 0.717) is 6.10 Å². The first-order valence-electron chi connectivity index (χ1n) is 5.77. The predicted octanol–water partition coefficient (Wildman–Crippen LogP) is 2.58. The zero-order valence-electron chi connectivity index (χ0n) is 9.35. The SMILES string of the molecule is O=c1cc[nH]c(-c2cccc(OC3CC3)c2)c1. The molecule has 0 bridgehead atoms. The molecule has 1 heterocycles. The van der Waals surface area contributed by atoms with Gasteiger partial charge in [-0.05, 0) is 25.0 Å². The van der Waals surface area contributed by atoms with Gasteiger partial charge in [0.05, 0.1) is 6.10 Å². The third-order valence-electron chi connectivity index (χ3n) is 2.75. The number of pyridine rings is 1. The molecule has 0 unspecified atom stereocenters. The second-order valence-electron chi connectivity index (χ2n) is 4.28. The second kappa shape index (κ2) is 4.09. The molecular weight excluding hydrogens is 214 g/mol. The van der Waals surface area contributed by atoms with E-state index in [0.717, 1.165) is 29.8 Å². The Balaban J connectivity index is 1.93. The van der Waals surface area contributed by atoms with E-state index >= 15 is 0 Å². The summed E-state index contributed by atoms with van der Waals surface area (Å²) in [7, 11) is 0. The van der Waals surface area contributed by atoms with Crippen LogP contribution < -0.4 is 10.2 Å². The molecule has 3 nitrogen and oxygen atoms in total. The monoisotopic (exact) mass is 227 g/mol. The highest BCUT2D eigenvalue weighted by Gasteiger charge is 2.23. The maximum atomic E-state index is 11.3. The van der Waals surface area contributed by atoms with Crippen molar-refractivity contribution in [2.24, 2.45) is 0 Å². The maximum Gasteiger partial charge on any atom is 0.182 e. The number of hydrogen-bond donors (Lipinski definition) is 1. The lowest BCUT2D eigenvalue weighted by Gasteiger charge is -2.06. The number of nitrogens with one attached hydrogen (secondary N) is 1. The van der Waals surface area contributed by atoms with Crippen molar-refractivity contribution in [3.63, 3.8) is 0 Å². The normalized spacial score (nSPS) is 14.6. The van der Waals surface area contributed by atoms with Crippen LogP contribution in [0.15, 0.2) is 47.4 Å². The molecule has 17 heavy (non-hydrogen) atoms. The first kappa shape index (κ1) is 10.1. The summed E-state index contributed by atoms with van der Waals surface area (Å²) in [5, 5.41) is 0. The molecule has 1 aromatic carbocycles. The molecule has 1 saturated carbocycles. The smallest absolute Gasteiger partial charge is 0.182 e. The molecule has 0 spiro atoms. The number of hydrogen-bond acceptors (Lipinski definition) is 2. The van der Waals surface area contributed by atoms with Crippen LogP contribution in [0.4, 0.5) is 0 Å². The van der Waals surface area contributed by atoms with Crippen molar-refractivity contribution in [1.29, 1.82) is 0 Å². The van der Waals surface area contributed by atoms with Crippen LogP contribution in [0.2, 0.25) is 0 Å². The number of aromatic nitrogens is 1. The lowest BCUT2D eigenvalue weighted by Crippen LogP contribution is -1.99. The molecule has 1 fully saturated rings. The van der Waals surface area contributed by atoms with E-state index in [2.05, 4.69) is 4.98 Å². The molecule has 1 N–H and O–H groups in total. The van der Waals surface area contributed by atoms with Crippen molar-refractivity contribution in [3.05, 3.63) is 52.8 Å². The van der Waals surface area contributed by atoms with Crippen LogP contribution in [0.5, 0.6) is 5.75 Å². The van der Waals surface area contributed by atoms with E-state index in [1.807, 2.05) is 24.3 Å². The highest BCUT2D eigenvalue weighted by molar-refractivity contribution is 5.60. The van der Waals surface area contributed by atoms with E-state index < -0.39 is 0 Å². The minimum atomic E-state index is 0.00673. The number of rotatable bonds is 3. The molecule has 1 aliphatic carbocycles.